The lowest BCUT2D eigenvalue weighted by atomic mass is 10.1. The van der Waals surface area contributed by atoms with Gasteiger partial charge in [-0.15, -0.1) is 0 Å². The van der Waals surface area contributed by atoms with Crippen molar-refractivity contribution in [3.63, 3.8) is 0 Å². The van der Waals surface area contributed by atoms with Gasteiger partial charge in [-0.05, 0) is 31.4 Å². The van der Waals surface area contributed by atoms with Gasteiger partial charge in [-0.3, -0.25) is 4.79 Å². The molecule has 0 spiro atoms. The van der Waals surface area contributed by atoms with Gasteiger partial charge in [0.2, 0.25) is 5.91 Å². The number of carbonyl (C=O) groups is 1. The molecule has 0 saturated carbocycles. The third-order valence-corrected chi connectivity index (χ3v) is 2.87. The molecule has 1 aromatic rings. The molecule has 0 heterocycles. The zero-order valence-corrected chi connectivity index (χ0v) is 11.6. The second-order valence-corrected chi connectivity index (χ2v) is 4.57. The predicted molar refractivity (Wildman–Crippen MR) is 76.9 cm³/mol. The van der Waals surface area contributed by atoms with Crippen molar-refractivity contribution in [1.82, 2.24) is 5.32 Å². The summed E-state index contributed by atoms with van der Waals surface area (Å²) in [6.45, 7) is 3.82. The summed E-state index contributed by atoms with van der Waals surface area (Å²) in [6, 6.07) is 9.92. The van der Waals surface area contributed by atoms with E-state index in [0.717, 1.165) is 25.8 Å². The number of hydrogen-bond acceptors (Lipinski definition) is 3. The number of carbonyl (C=O) groups excluding carboxylic acids is 1. The minimum Gasteiger partial charge on any atom is -0.379 e. The summed E-state index contributed by atoms with van der Waals surface area (Å²) in [5, 5.41) is 3.08. The number of nitrogens with two attached hydrogens (primary N) is 1. The molecule has 0 fully saturated rings. The molecule has 1 unspecified atom stereocenters. The van der Waals surface area contributed by atoms with E-state index in [2.05, 4.69) is 17.4 Å². The molecule has 3 N–H and O–H groups in total. The minimum absolute atomic E-state index is 0.350. The van der Waals surface area contributed by atoms with E-state index >= 15 is 0 Å². The zero-order chi connectivity index (χ0) is 13.9. The highest BCUT2D eigenvalue weighted by Crippen LogP contribution is 2.02. The number of benzene rings is 1. The normalized spacial score (nSPS) is 12.3. The van der Waals surface area contributed by atoms with Crippen molar-refractivity contribution in [2.75, 3.05) is 19.8 Å². The molecule has 1 rings (SSSR count). The molecule has 0 aliphatic carbocycles. The van der Waals surface area contributed by atoms with Crippen LogP contribution in [0.2, 0.25) is 0 Å². The number of primary amides is 1. The zero-order valence-electron chi connectivity index (χ0n) is 11.6. The van der Waals surface area contributed by atoms with Crippen molar-refractivity contribution in [3.05, 3.63) is 35.9 Å². The van der Waals surface area contributed by atoms with Crippen LogP contribution in [0.15, 0.2) is 30.3 Å². The molecule has 4 heteroatoms. The van der Waals surface area contributed by atoms with Crippen LogP contribution < -0.4 is 11.1 Å². The first-order valence-electron chi connectivity index (χ1n) is 6.88. The van der Waals surface area contributed by atoms with E-state index in [1.54, 1.807) is 0 Å². The third kappa shape index (κ3) is 6.94. The van der Waals surface area contributed by atoms with E-state index in [-0.39, 0.29) is 11.9 Å². The Morgan fingerprint density at radius 3 is 2.74 bits per heavy atom. The number of ether oxygens (including phenoxy) is 1. The molecule has 1 amide bonds. The van der Waals surface area contributed by atoms with Crippen LogP contribution in [0.25, 0.3) is 0 Å². The van der Waals surface area contributed by atoms with Crippen molar-refractivity contribution in [3.8, 4) is 0 Å². The van der Waals surface area contributed by atoms with Crippen LogP contribution in [0.1, 0.15) is 25.3 Å². The fourth-order valence-electron chi connectivity index (χ4n) is 1.78. The summed E-state index contributed by atoms with van der Waals surface area (Å²) in [5.74, 6) is -0.350. The Morgan fingerprint density at radius 2 is 2.11 bits per heavy atom. The van der Waals surface area contributed by atoms with E-state index < -0.39 is 0 Å². The monoisotopic (exact) mass is 264 g/mol. The molecule has 0 aliphatic rings. The van der Waals surface area contributed by atoms with Crippen molar-refractivity contribution >= 4 is 5.91 Å². The molecule has 1 atom stereocenters. The molecule has 0 radical (unpaired) electrons. The highest BCUT2D eigenvalue weighted by Gasteiger charge is 2.13. The fraction of sp³-hybridized carbons (Fsp3) is 0.533. The molecular weight excluding hydrogens is 240 g/mol. The van der Waals surface area contributed by atoms with Gasteiger partial charge in [0.15, 0.2) is 0 Å². The molecule has 0 saturated heterocycles. The molecular formula is C15H24N2O2. The quantitative estimate of drug-likeness (QED) is 0.629. The third-order valence-electron chi connectivity index (χ3n) is 2.87. The van der Waals surface area contributed by atoms with E-state index in [4.69, 9.17) is 10.5 Å². The lowest BCUT2D eigenvalue weighted by Crippen LogP contribution is -2.45. The van der Waals surface area contributed by atoms with E-state index in [0.29, 0.717) is 13.2 Å². The maximum Gasteiger partial charge on any atom is 0.236 e. The van der Waals surface area contributed by atoms with Gasteiger partial charge in [0.25, 0.3) is 0 Å². The molecule has 0 aromatic heterocycles. The number of aryl methyl sites for hydroxylation is 1. The van der Waals surface area contributed by atoms with E-state index in [1.807, 2.05) is 25.1 Å². The Bertz CT molecular complexity index is 354. The van der Waals surface area contributed by atoms with Crippen molar-refractivity contribution < 1.29 is 9.53 Å². The molecule has 19 heavy (non-hydrogen) atoms. The van der Waals surface area contributed by atoms with Crippen LogP contribution in [0.3, 0.4) is 0 Å². The summed E-state index contributed by atoms with van der Waals surface area (Å²) in [5.41, 5.74) is 6.61. The molecule has 4 nitrogen and oxygen atoms in total. The van der Waals surface area contributed by atoms with Crippen LogP contribution in [0.5, 0.6) is 0 Å². The summed E-state index contributed by atoms with van der Waals surface area (Å²) in [6.07, 6.45) is 2.91. The molecule has 106 valence electrons. The van der Waals surface area contributed by atoms with Crippen molar-refractivity contribution in [2.24, 2.45) is 5.73 Å². The van der Waals surface area contributed by atoms with Gasteiger partial charge >= 0.3 is 0 Å². The van der Waals surface area contributed by atoms with Gasteiger partial charge < -0.3 is 15.8 Å². The summed E-state index contributed by atoms with van der Waals surface area (Å²) >= 11 is 0. The minimum atomic E-state index is -0.378. The Hall–Kier alpha value is -1.39. The maximum absolute atomic E-state index is 11.2. The SMILES string of the molecule is CCCNC(COCCCc1ccccc1)C(N)=O. The lowest BCUT2D eigenvalue weighted by Gasteiger charge is -2.15. The Balaban J connectivity index is 2.13. The van der Waals surface area contributed by atoms with E-state index in [9.17, 15) is 4.79 Å². The second-order valence-electron chi connectivity index (χ2n) is 4.57. The topological polar surface area (TPSA) is 64.3 Å². The van der Waals surface area contributed by atoms with Crippen LogP contribution in [-0.2, 0) is 16.0 Å². The van der Waals surface area contributed by atoms with Crippen LogP contribution in [0.4, 0.5) is 0 Å². The van der Waals surface area contributed by atoms with Crippen molar-refractivity contribution in [1.29, 1.82) is 0 Å². The number of amides is 1. The molecule has 0 bridgehead atoms. The van der Waals surface area contributed by atoms with Gasteiger partial charge in [0.05, 0.1) is 6.61 Å². The number of hydrogen-bond donors (Lipinski definition) is 2. The van der Waals surface area contributed by atoms with Crippen molar-refractivity contribution in [2.45, 2.75) is 32.2 Å². The van der Waals surface area contributed by atoms with Crippen LogP contribution >= 0.6 is 0 Å². The first-order chi connectivity index (χ1) is 9.24. The predicted octanol–water partition coefficient (Wildman–Crippen LogP) is 1.49. The summed E-state index contributed by atoms with van der Waals surface area (Å²) < 4.78 is 5.51. The average Bonchev–Trinajstić information content (AvgIpc) is 2.42. The maximum atomic E-state index is 11.2. The number of rotatable bonds is 10. The number of nitrogens with one attached hydrogen (secondary N) is 1. The first kappa shape index (κ1) is 15.7. The van der Waals surface area contributed by atoms with Gasteiger partial charge in [0, 0.05) is 6.61 Å². The standard InChI is InChI=1S/C15H24N2O2/c1-2-10-17-14(15(16)18)12-19-11-6-9-13-7-4-3-5-8-13/h3-5,7-8,14,17H,2,6,9-12H2,1H3,(H2,16,18). The highest BCUT2D eigenvalue weighted by atomic mass is 16.5. The summed E-state index contributed by atoms with van der Waals surface area (Å²) in [4.78, 5) is 11.2. The van der Waals surface area contributed by atoms with Crippen LogP contribution in [-0.4, -0.2) is 31.7 Å². The first-order valence-corrected chi connectivity index (χ1v) is 6.88. The highest BCUT2D eigenvalue weighted by molar-refractivity contribution is 5.79. The van der Waals surface area contributed by atoms with Gasteiger partial charge in [0.1, 0.15) is 6.04 Å². The van der Waals surface area contributed by atoms with Gasteiger partial charge in [-0.25, -0.2) is 0 Å². The fourth-order valence-corrected chi connectivity index (χ4v) is 1.78. The largest absolute Gasteiger partial charge is 0.379 e. The Labute approximate surface area is 115 Å². The van der Waals surface area contributed by atoms with E-state index in [1.165, 1.54) is 5.56 Å². The van der Waals surface area contributed by atoms with Gasteiger partial charge in [-0.2, -0.15) is 0 Å². The van der Waals surface area contributed by atoms with Crippen LogP contribution in [0, 0.1) is 0 Å². The second kappa shape index (κ2) is 9.53. The van der Waals surface area contributed by atoms with Gasteiger partial charge in [-0.1, -0.05) is 37.3 Å². The Morgan fingerprint density at radius 1 is 1.37 bits per heavy atom. The summed E-state index contributed by atoms with van der Waals surface area (Å²) in [7, 11) is 0. The lowest BCUT2D eigenvalue weighted by molar-refractivity contribution is -0.121. The molecule has 0 aliphatic heterocycles. The molecule has 1 aromatic carbocycles. The smallest absolute Gasteiger partial charge is 0.236 e. The Kier molecular flexibility index (Phi) is 7.86. The average molecular weight is 264 g/mol.